The van der Waals surface area contributed by atoms with Crippen LogP contribution in [-0.4, -0.2) is 25.3 Å². The predicted molar refractivity (Wildman–Crippen MR) is 147 cm³/mol. The first-order valence-corrected chi connectivity index (χ1v) is 12.2. The summed E-state index contributed by atoms with van der Waals surface area (Å²) >= 11 is 12.4. The SMILES string of the molecule is CCOc1cc(/C=N\NC(=O)CNc2cccc3ccccc23)cc(Cl)c1OCc1ccc(Cl)cc1. The predicted octanol–water partition coefficient (Wildman–Crippen LogP) is 6.69. The van der Waals surface area contributed by atoms with Crippen molar-refractivity contribution in [3.8, 4) is 11.5 Å². The number of hydrogen-bond acceptors (Lipinski definition) is 5. The van der Waals surface area contributed by atoms with Crippen molar-refractivity contribution < 1.29 is 14.3 Å². The topological polar surface area (TPSA) is 72.0 Å². The molecular weight excluding hydrogens is 497 g/mol. The van der Waals surface area contributed by atoms with Crippen molar-refractivity contribution >= 4 is 51.8 Å². The van der Waals surface area contributed by atoms with Gasteiger partial charge in [0, 0.05) is 16.1 Å². The van der Waals surface area contributed by atoms with Gasteiger partial charge in [0.2, 0.25) is 0 Å². The molecule has 1 amide bonds. The van der Waals surface area contributed by atoms with Gasteiger partial charge in [0.25, 0.3) is 5.91 Å². The highest BCUT2D eigenvalue weighted by atomic mass is 35.5. The molecule has 4 rings (SSSR count). The molecule has 184 valence electrons. The second-order valence-electron chi connectivity index (χ2n) is 7.85. The molecule has 8 heteroatoms. The number of fused-ring (bicyclic) bond motifs is 1. The maximum Gasteiger partial charge on any atom is 0.259 e. The Labute approximate surface area is 219 Å². The summed E-state index contributed by atoms with van der Waals surface area (Å²) in [6.07, 6.45) is 1.51. The van der Waals surface area contributed by atoms with E-state index in [1.54, 1.807) is 24.3 Å². The molecule has 2 N–H and O–H groups in total. The summed E-state index contributed by atoms with van der Waals surface area (Å²) < 4.78 is 11.7. The lowest BCUT2D eigenvalue weighted by Crippen LogP contribution is -2.25. The number of nitrogens with one attached hydrogen (secondary N) is 2. The van der Waals surface area contributed by atoms with Crippen molar-refractivity contribution in [1.82, 2.24) is 5.43 Å². The third-order valence-electron chi connectivity index (χ3n) is 5.26. The Morgan fingerprint density at radius 2 is 1.75 bits per heavy atom. The van der Waals surface area contributed by atoms with Gasteiger partial charge in [0.15, 0.2) is 11.5 Å². The van der Waals surface area contributed by atoms with Gasteiger partial charge >= 0.3 is 0 Å². The van der Waals surface area contributed by atoms with Gasteiger partial charge in [0.1, 0.15) is 6.61 Å². The minimum absolute atomic E-state index is 0.0772. The minimum Gasteiger partial charge on any atom is -0.490 e. The number of halogens is 2. The van der Waals surface area contributed by atoms with Gasteiger partial charge < -0.3 is 14.8 Å². The lowest BCUT2D eigenvalue weighted by atomic mass is 10.1. The first kappa shape index (κ1) is 25.4. The fourth-order valence-corrected chi connectivity index (χ4v) is 3.97. The minimum atomic E-state index is -0.279. The van der Waals surface area contributed by atoms with Crippen LogP contribution in [0, 0.1) is 0 Å². The smallest absolute Gasteiger partial charge is 0.259 e. The van der Waals surface area contributed by atoms with Crippen LogP contribution in [0.1, 0.15) is 18.1 Å². The lowest BCUT2D eigenvalue weighted by Gasteiger charge is -2.14. The molecule has 0 aliphatic rings. The van der Waals surface area contributed by atoms with Crippen LogP contribution in [0.3, 0.4) is 0 Å². The summed E-state index contributed by atoms with van der Waals surface area (Å²) in [4.78, 5) is 12.3. The molecule has 0 aromatic heterocycles. The molecule has 0 saturated carbocycles. The van der Waals surface area contributed by atoms with Crippen molar-refractivity contribution in [2.45, 2.75) is 13.5 Å². The van der Waals surface area contributed by atoms with Gasteiger partial charge in [-0.05, 0) is 53.8 Å². The van der Waals surface area contributed by atoms with Crippen LogP contribution in [0.2, 0.25) is 10.0 Å². The zero-order valence-corrected chi connectivity index (χ0v) is 21.1. The summed E-state index contributed by atoms with van der Waals surface area (Å²) in [6.45, 7) is 2.70. The van der Waals surface area contributed by atoms with Crippen LogP contribution >= 0.6 is 23.2 Å². The zero-order chi connectivity index (χ0) is 25.3. The number of anilines is 1. The molecule has 0 fully saturated rings. The summed E-state index contributed by atoms with van der Waals surface area (Å²) in [7, 11) is 0. The van der Waals surface area contributed by atoms with E-state index in [0.717, 1.165) is 22.0 Å². The van der Waals surface area contributed by atoms with E-state index in [-0.39, 0.29) is 12.5 Å². The highest BCUT2D eigenvalue weighted by Gasteiger charge is 2.13. The van der Waals surface area contributed by atoms with Crippen molar-refractivity contribution in [2.24, 2.45) is 5.10 Å². The number of hydrazone groups is 1. The Morgan fingerprint density at radius 3 is 2.56 bits per heavy atom. The molecule has 36 heavy (non-hydrogen) atoms. The first-order chi connectivity index (χ1) is 17.5. The maximum absolute atomic E-state index is 12.3. The van der Waals surface area contributed by atoms with E-state index >= 15 is 0 Å². The van der Waals surface area contributed by atoms with E-state index in [0.29, 0.717) is 40.3 Å². The van der Waals surface area contributed by atoms with E-state index in [9.17, 15) is 4.79 Å². The van der Waals surface area contributed by atoms with Crippen molar-refractivity contribution in [3.05, 3.63) is 100 Å². The second kappa shape index (κ2) is 12.3. The van der Waals surface area contributed by atoms with E-state index in [4.69, 9.17) is 32.7 Å². The van der Waals surface area contributed by atoms with Gasteiger partial charge in [-0.15, -0.1) is 0 Å². The summed E-state index contributed by atoms with van der Waals surface area (Å²) in [5, 5.41) is 10.4. The lowest BCUT2D eigenvalue weighted by molar-refractivity contribution is -0.119. The molecule has 0 saturated heterocycles. The number of ether oxygens (including phenoxy) is 2. The van der Waals surface area contributed by atoms with Crippen LogP contribution < -0.4 is 20.2 Å². The average Bonchev–Trinajstić information content (AvgIpc) is 2.88. The van der Waals surface area contributed by atoms with Crippen LogP contribution in [-0.2, 0) is 11.4 Å². The van der Waals surface area contributed by atoms with Gasteiger partial charge in [-0.1, -0.05) is 71.7 Å². The third kappa shape index (κ3) is 6.68. The molecule has 4 aromatic carbocycles. The Morgan fingerprint density at radius 1 is 0.972 bits per heavy atom. The Balaban J connectivity index is 1.37. The summed E-state index contributed by atoms with van der Waals surface area (Å²) in [5.74, 6) is 0.650. The molecule has 0 radical (unpaired) electrons. The summed E-state index contributed by atoms with van der Waals surface area (Å²) in [5.41, 5.74) is 5.02. The monoisotopic (exact) mass is 521 g/mol. The van der Waals surface area contributed by atoms with Crippen LogP contribution in [0.4, 0.5) is 5.69 Å². The molecule has 0 heterocycles. The van der Waals surface area contributed by atoms with E-state index in [1.165, 1.54) is 6.21 Å². The molecule has 0 bridgehead atoms. The Kier molecular flexibility index (Phi) is 8.66. The maximum atomic E-state index is 12.3. The molecule has 0 aliphatic heterocycles. The number of carbonyl (C=O) groups is 1. The molecule has 0 unspecified atom stereocenters. The van der Waals surface area contributed by atoms with E-state index < -0.39 is 0 Å². The van der Waals surface area contributed by atoms with Gasteiger partial charge in [0.05, 0.1) is 24.4 Å². The molecular formula is C28H25Cl2N3O3. The van der Waals surface area contributed by atoms with Gasteiger partial charge in [-0.3, -0.25) is 4.79 Å². The zero-order valence-electron chi connectivity index (χ0n) is 19.6. The Hall–Kier alpha value is -3.74. The second-order valence-corrected chi connectivity index (χ2v) is 8.70. The number of amides is 1. The fraction of sp³-hybridized carbons (Fsp3) is 0.143. The number of carbonyl (C=O) groups excluding carboxylic acids is 1. The molecule has 4 aromatic rings. The Bertz CT molecular complexity index is 1370. The molecule has 0 spiro atoms. The van der Waals surface area contributed by atoms with Crippen molar-refractivity contribution in [1.29, 1.82) is 0 Å². The van der Waals surface area contributed by atoms with Crippen molar-refractivity contribution in [2.75, 3.05) is 18.5 Å². The van der Waals surface area contributed by atoms with E-state index in [1.807, 2.05) is 61.5 Å². The average molecular weight is 522 g/mol. The number of hydrogen-bond donors (Lipinski definition) is 2. The van der Waals surface area contributed by atoms with E-state index in [2.05, 4.69) is 15.8 Å². The first-order valence-electron chi connectivity index (χ1n) is 11.4. The van der Waals surface area contributed by atoms with Gasteiger partial charge in [-0.2, -0.15) is 5.10 Å². The molecule has 0 aliphatic carbocycles. The van der Waals surface area contributed by atoms with Crippen LogP contribution in [0.5, 0.6) is 11.5 Å². The number of benzene rings is 4. The number of nitrogens with zero attached hydrogens (tertiary/aromatic N) is 1. The van der Waals surface area contributed by atoms with Crippen molar-refractivity contribution in [3.63, 3.8) is 0 Å². The number of rotatable bonds is 10. The van der Waals surface area contributed by atoms with Crippen LogP contribution in [0.25, 0.3) is 10.8 Å². The normalized spacial score (nSPS) is 11.0. The summed E-state index contributed by atoms with van der Waals surface area (Å²) in [6, 6.07) is 24.7. The third-order valence-corrected chi connectivity index (χ3v) is 5.79. The molecule has 0 atom stereocenters. The quantitative estimate of drug-likeness (QED) is 0.180. The van der Waals surface area contributed by atoms with Crippen LogP contribution in [0.15, 0.2) is 84.0 Å². The highest BCUT2D eigenvalue weighted by Crippen LogP contribution is 2.37. The largest absolute Gasteiger partial charge is 0.490 e. The highest BCUT2D eigenvalue weighted by molar-refractivity contribution is 6.32. The van der Waals surface area contributed by atoms with Gasteiger partial charge in [-0.25, -0.2) is 5.43 Å². The molecule has 6 nitrogen and oxygen atoms in total. The standard InChI is InChI=1S/C28H25Cl2N3O3/c1-2-35-26-15-20(14-24(30)28(26)36-18-19-10-12-22(29)13-11-19)16-32-33-27(34)17-31-25-9-5-7-21-6-3-4-8-23(21)25/h3-16,31H,2,17-18H2,1H3,(H,33,34)/b32-16-. The fourth-order valence-electron chi connectivity index (χ4n) is 3.58.